The molecular formula is C8H11N3O2. The molecule has 70 valence electrons. The number of aryl methyl sites for hydroxylation is 1. The summed E-state index contributed by atoms with van der Waals surface area (Å²) in [6.45, 7) is 3.37. The van der Waals surface area contributed by atoms with E-state index in [0.29, 0.717) is 11.5 Å². The minimum atomic E-state index is -1.03. The van der Waals surface area contributed by atoms with Crippen molar-refractivity contribution in [3.05, 3.63) is 17.5 Å². The maximum Gasteiger partial charge on any atom is 0.354 e. The monoisotopic (exact) mass is 181 g/mol. The summed E-state index contributed by atoms with van der Waals surface area (Å²) < 4.78 is 0. The first-order valence-electron chi connectivity index (χ1n) is 3.74. The van der Waals surface area contributed by atoms with E-state index in [1.165, 1.54) is 0 Å². The van der Waals surface area contributed by atoms with Crippen LogP contribution in [-0.4, -0.2) is 21.9 Å². The molecule has 0 aromatic carbocycles. The van der Waals surface area contributed by atoms with Crippen LogP contribution in [0, 0.1) is 6.92 Å². The van der Waals surface area contributed by atoms with E-state index in [4.69, 9.17) is 10.8 Å². The first-order chi connectivity index (χ1) is 6.00. The largest absolute Gasteiger partial charge is 0.477 e. The summed E-state index contributed by atoms with van der Waals surface area (Å²) in [5.41, 5.74) is 6.53. The number of carboxylic acids is 1. The lowest BCUT2D eigenvalue weighted by atomic mass is 10.3. The maximum absolute atomic E-state index is 10.7. The normalized spacial score (nSPS) is 11.7. The predicted octanol–water partition coefficient (Wildman–Crippen LogP) is 1.03. The molecule has 0 bridgehead atoms. The average Bonchev–Trinajstić information content (AvgIpc) is 2.29. The minimum absolute atomic E-state index is 0.0716. The van der Waals surface area contributed by atoms with E-state index in [1.54, 1.807) is 19.9 Å². The third-order valence-electron chi connectivity index (χ3n) is 1.44. The van der Waals surface area contributed by atoms with Gasteiger partial charge in [0.15, 0.2) is 5.69 Å². The Labute approximate surface area is 75.3 Å². The Morgan fingerprint density at radius 3 is 2.77 bits per heavy atom. The van der Waals surface area contributed by atoms with Crippen LogP contribution < -0.4 is 5.73 Å². The highest BCUT2D eigenvalue weighted by atomic mass is 16.4. The lowest BCUT2D eigenvalue weighted by molar-refractivity contribution is 0.0692. The van der Waals surface area contributed by atoms with E-state index in [-0.39, 0.29) is 5.69 Å². The molecule has 0 fully saturated rings. The second-order valence-electron chi connectivity index (χ2n) is 2.77. The number of nitrogens with one attached hydrogen (secondary N) is 1. The van der Waals surface area contributed by atoms with E-state index in [1.807, 2.05) is 0 Å². The molecule has 0 aliphatic heterocycles. The molecule has 0 radical (unpaired) electrons. The van der Waals surface area contributed by atoms with Gasteiger partial charge in [0.05, 0.1) is 11.5 Å². The number of aliphatic imine (C=N–C) groups is 1. The van der Waals surface area contributed by atoms with E-state index >= 15 is 0 Å². The van der Waals surface area contributed by atoms with E-state index in [0.717, 1.165) is 5.69 Å². The molecule has 5 nitrogen and oxygen atoms in total. The molecule has 1 aromatic heterocycles. The Kier molecular flexibility index (Phi) is 2.36. The van der Waals surface area contributed by atoms with Gasteiger partial charge in [-0.15, -0.1) is 0 Å². The fraction of sp³-hybridized carbons (Fsp3) is 0.250. The van der Waals surface area contributed by atoms with Crippen LogP contribution in [0.1, 0.15) is 23.1 Å². The van der Waals surface area contributed by atoms with Crippen LogP contribution in [0.4, 0.5) is 5.69 Å². The van der Waals surface area contributed by atoms with Crippen LogP contribution in [0.25, 0.3) is 0 Å². The quantitative estimate of drug-likeness (QED) is 0.470. The van der Waals surface area contributed by atoms with Crippen molar-refractivity contribution in [3.63, 3.8) is 0 Å². The zero-order chi connectivity index (χ0) is 10.0. The summed E-state index contributed by atoms with van der Waals surface area (Å²) in [7, 11) is 0. The van der Waals surface area contributed by atoms with Crippen molar-refractivity contribution in [2.45, 2.75) is 13.8 Å². The van der Waals surface area contributed by atoms with Gasteiger partial charge in [0.2, 0.25) is 0 Å². The number of amidine groups is 1. The molecule has 5 heteroatoms. The average molecular weight is 181 g/mol. The number of nitrogens with zero attached hydrogens (tertiary/aromatic N) is 1. The summed E-state index contributed by atoms with van der Waals surface area (Å²) >= 11 is 0. The molecule has 0 unspecified atom stereocenters. The van der Waals surface area contributed by atoms with Crippen LogP contribution in [0.3, 0.4) is 0 Å². The van der Waals surface area contributed by atoms with Crippen molar-refractivity contribution >= 4 is 17.5 Å². The standard InChI is InChI=1S/C8H11N3O2/c1-4-3-6(11-5(2)9)7(10-4)8(12)13/h3,10H,1-2H3,(H2,9,11)(H,12,13). The third kappa shape index (κ3) is 2.08. The Morgan fingerprint density at radius 2 is 2.31 bits per heavy atom. The first-order valence-corrected chi connectivity index (χ1v) is 3.74. The number of aromatic nitrogens is 1. The molecular weight excluding hydrogens is 170 g/mol. The number of hydrogen-bond acceptors (Lipinski definition) is 2. The number of hydrogen-bond donors (Lipinski definition) is 3. The van der Waals surface area contributed by atoms with Crippen molar-refractivity contribution in [1.82, 2.24) is 4.98 Å². The van der Waals surface area contributed by atoms with Crippen LogP contribution in [0.2, 0.25) is 0 Å². The van der Waals surface area contributed by atoms with Crippen LogP contribution in [-0.2, 0) is 0 Å². The number of aromatic amines is 1. The van der Waals surface area contributed by atoms with Gasteiger partial charge < -0.3 is 15.8 Å². The van der Waals surface area contributed by atoms with Gasteiger partial charge in [-0.3, -0.25) is 0 Å². The highest BCUT2D eigenvalue weighted by Crippen LogP contribution is 2.19. The molecule has 0 aliphatic carbocycles. The summed E-state index contributed by atoms with van der Waals surface area (Å²) in [6.07, 6.45) is 0. The molecule has 0 spiro atoms. The zero-order valence-electron chi connectivity index (χ0n) is 7.46. The summed E-state index contributed by atoms with van der Waals surface area (Å²) in [4.78, 5) is 17.2. The molecule has 13 heavy (non-hydrogen) atoms. The first kappa shape index (κ1) is 9.31. The Bertz CT molecular complexity index is 361. The topological polar surface area (TPSA) is 91.5 Å². The fourth-order valence-corrected chi connectivity index (χ4v) is 1.02. The molecule has 0 atom stereocenters. The van der Waals surface area contributed by atoms with Crippen molar-refractivity contribution in [2.24, 2.45) is 10.7 Å². The minimum Gasteiger partial charge on any atom is -0.477 e. The van der Waals surface area contributed by atoms with Crippen LogP contribution in [0.5, 0.6) is 0 Å². The lowest BCUT2D eigenvalue weighted by Gasteiger charge is -1.92. The molecule has 0 amide bonds. The number of carboxylic acid groups (broad SMARTS) is 1. The van der Waals surface area contributed by atoms with E-state index in [2.05, 4.69) is 9.98 Å². The van der Waals surface area contributed by atoms with Gasteiger partial charge in [-0.1, -0.05) is 0 Å². The van der Waals surface area contributed by atoms with Gasteiger partial charge in [0.1, 0.15) is 0 Å². The van der Waals surface area contributed by atoms with Gasteiger partial charge in [-0.05, 0) is 19.9 Å². The van der Waals surface area contributed by atoms with Crippen molar-refractivity contribution in [3.8, 4) is 0 Å². The molecule has 4 N–H and O–H groups in total. The fourth-order valence-electron chi connectivity index (χ4n) is 1.02. The van der Waals surface area contributed by atoms with Gasteiger partial charge in [0, 0.05) is 5.69 Å². The summed E-state index contributed by atoms with van der Waals surface area (Å²) in [6, 6.07) is 1.64. The smallest absolute Gasteiger partial charge is 0.354 e. The van der Waals surface area contributed by atoms with Gasteiger partial charge in [0.25, 0.3) is 0 Å². The lowest BCUT2D eigenvalue weighted by Crippen LogP contribution is -2.05. The molecule has 1 rings (SSSR count). The van der Waals surface area contributed by atoms with Crippen molar-refractivity contribution in [1.29, 1.82) is 0 Å². The maximum atomic E-state index is 10.7. The second kappa shape index (κ2) is 3.30. The second-order valence-corrected chi connectivity index (χ2v) is 2.77. The van der Waals surface area contributed by atoms with Crippen LogP contribution >= 0.6 is 0 Å². The van der Waals surface area contributed by atoms with Gasteiger partial charge >= 0.3 is 5.97 Å². The highest BCUT2D eigenvalue weighted by Gasteiger charge is 2.11. The number of rotatable bonds is 2. The number of aromatic carboxylic acids is 1. The number of carbonyl (C=O) groups is 1. The highest BCUT2D eigenvalue weighted by molar-refractivity contribution is 5.93. The Morgan fingerprint density at radius 1 is 1.69 bits per heavy atom. The predicted molar refractivity (Wildman–Crippen MR) is 49.4 cm³/mol. The van der Waals surface area contributed by atoms with Crippen LogP contribution in [0.15, 0.2) is 11.1 Å². The molecule has 0 saturated heterocycles. The SMILES string of the molecule is CC(N)=Nc1cc(C)[nH]c1C(=O)O. The molecule has 0 saturated carbocycles. The van der Waals surface area contributed by atoms with Gasteiger partial charge in [-0.25, -0.2) is 9.79 Å². The van der Waals surface area contributed by atoms with Gasteiger partial charge in [-0.2, -0.15) is 0 Å². The molecule has 1 heterocycles. The summed E-state index contributed by atoms with van der Waals surface area (Å²) in [5, 5.41) is 8.75. The molecule has 1 aromatic rings. The third-order valence-corrected chi connectivity index (χ3v) is 1.44. The zero-order valence-corrected chi connectivity index (χ0v) is 7.46. The number of nitrogens with two attached hydrogens (primary N) is 1. The Balaban J connectivity index is 3.20. The van der Waals surface area contributed by atoms with E-state index in [9.17, 15) is 4.79 Å². The number of H-pyrrole nitrogens is 1. The Hall–Kier alpha value is -1.78. The van der Waals surface area contributed by atoms with Crippen molar-refractivity contribution < 1.29 is 9.90 Å². The summed E-state index contributed by atoms with van der Waals surface area (Å²) in [5.74, 6) is -0.699. The molecule has 0 aliphatic rings. The van der Waals surface area contributed by atoms with Crippen molar-refractivity contribution in [2.75, 3.05) is 0 Å². The van der Waals surface area contributed by atoms with E-state index < -0.39 is 5.97 Å².